The van der Waals surface area contributed by atoms with Crippen LogP contribution in [0.4, 0.5) is 5.82 Å². The quantitative estimate of drug-likeness (QED) is 0.0706. The van der Waals surface area contributed by atoms with Gasteiger partial charge in [-0.15, -0.1) is 0 Å². The number of fused-ring (bicyclic) bond motifs is 2. The van der Waals surface area contributed by atoms with E-state index in [0.29, 0.717) is 42.1 Å². The maximum Gasteiger partial charge on any atom is 0.262 e. The molecule has 3 aromatic carbocycles. The number of imide groups is 2. The summed E-state index contributed by atoms with van der Waals surface area (Å²) >= 11 is 0. The molecule has 2 fully saturated rings. The smallest absolute Gasteiger partial charge is 0.262 e. The van der Waals surface area contributed by atoms with Crippen LogP contribution in [0, 0.1) is 0 Å². The Morgan fingerprint density at radius 1 is 0.806 bits per heavy atom. The Labute approximate surface area is 358 Å². The van der Waals surface area contributed by atoms with Gasteiger partial charge in [0.15, 0.2) is 11.5 Å². The second-order valence-corrected chi connectivity index (χ2v) is 16.7. The van der Waals surface area contributed by atoms with Crippen LogP contribution in [0.3, 0.4) is 0 Å². The van der Waals surface area contributed by atoms with Crippen LogP contribution < -0.4 is 16.8 Å². The van der Waals surface area contributed by atoms with Crippen LogP contribution in [0.5, 0.6) is 0 Å². The maximum atomic E-state index is 13.4. The van der Waals surface area contributed by atoms with Gasteiger partial charge in [-0.25, -0.2) is 15.0 Å². The molecule has 0 radical (unpaired) electrons. The number of unbranched alkanes of at least 4 members (excludes halogenated alkanes) is 2. The third kappa shape index (κ3) is 7.79. The third-order valence-corrected chi connectivity index (χ3v) is 12.6. The highest BCUT2D eigenvalue weighted by Crippen LogP contribution is 2.40. The molecule has 3 aliphatic rings. The summed E-state index contributed by atoms with van der Waals surface area (Å²) in [6.45, 7) is 0. The molecule has 1 aliphatic carbocycles. The Kier molecular flexibility index (Phi) is 11.0. The number of nitrogen functional groups attached to an aromatic ring is 1. The lowest BCUT2D eigenvalue weighted by molar-refractivity contribution is -0.136. The number of aromatic nitrogens is 4. The van der Waals surface area contributed by atoms with Crippen molar-refractivity contribution in [2.75, 3.05) is 5.73 Å². The SMILES string of the molecule is Nc1ncccc1-c1nc2ccc(-c3cccc(CCCC(=O)CCCCCc4cccc5c4C(=O)N(C4CCC(=O)NC4=O)C5=O)c3)nc2n1-c1ccc(C2(N)CCC2)cc1. The number of Topliss-reactive ketones (excluding diaryl/α,β-unsaturated/α-hetero) is 1. The lowest BCUT2D eigenvalue weighted by Crippen LogP contribution is -2.54. The van der Waals surface area contributed by atoms with Gasteiger partial charge in [-0.1, -0.05) is 48.9 Å². The number of nitrogens with zero attached hydrogens (tertiary/aromatic N) is 5. The summed E-state index contributed by atoms with van der Waals surface area (Å²) in [4.78, 5) is 79.1. The van der Waals surface area contributed by atoms with E-state index in [2.05, 4.69) is 46.7 Å². The second-order valence-electron chi connectivity index (χ2n) is 16.7. The molecule has 2 aliphatic heterocycles. The summed E-state index contributed by atoms with van der Waals surface area (Å²) in [7, 11) is 0. The number of hydrogen-bond donors (Lipinski definition) is 3. The predicted molar refractivity (Wildman–Crippen MR) is 235 cm³/mol. The Bertz CT molecular complexity index is 2760. The topological polar surface area (TPSA) is 196 Å². The van der Waals surface area contributed by atoms with Gasteiger partial charge in [0.2, 0.25) is 11.8 Å². The first-order valence-electron chi connectivity index (χ1n) is 21.5. The van der Waals surface area contributed by atoms with Gasteiger partial charge in [0.05, 0.1) is 22.4 Å². The van der Waals surface area contributed by atoms with Gasteiger partial charge in [0.25, 0.3) is 11.8 Å². The number of nitrogens with two attached hydrogens (primary N) is 2. The molecule has 9 rings (SSSR count). The van der Waals surface area contributed by atoms with Crippen molar-refractivity contribution in [3.63, 3.8) is 0 Å². The monoisotopic (exact) mass is 828 g/mol. The summed E-state index contributed by atoms with van der Waals surface area (Å²) in [5, 5.41) is 2.24. The number of pyridine rings is 2. The van der Waals surface area contributed by atoms with Crippen LogP contribution in [0.25, 0.3) is 39.5 Å². The highest BCUT2D eigenvalue weighted by Gasteiger charge is 2.45. The first kappa shape index (κ1) is 40.5. The first-order valence-corrected chi connectivity index (χ1v) is 21.5. The Morgan fingerprint density at radius 3 is 2.37 bits per heavy atom. The summed E-state index contributed by atoms with van der Waals surface area (Å²) in [5.41, 5.74) is 21.2. The molecule has 1 unspecified atom stereocenters. The average Bonchev–Trinajstić information content (AvgIpc) is 3.76. The number of rotatable bonds is 15. The number of nitrogens with one attached hydrogen (secondary N) is 1. The number of benzene rings is 3. The molecule has 1 saturated heterocycles. The molecule has 1 saturated carbocycles. The normalized spacial score (nSPS) is 17.0. The molecule has 5 heterocycles. The summed E-state index contributed by atoms with van der Waals surface area (Å²) in [6, 6.07) is 28.6. The van der Waals surface area contributed by atoms with Crippen LogP contribution in [-0.4, -0.2) is 59.9 Å². The van der Waals surface area contributed by atoms with E-state index in [-0.39, 0.29) is 29.7 Å². The van der Waals surface area contributed by atoms with Crippen LogP contribution in [0.1, 0.15) is 108 Å². The molecular weight excluding hydrogens is 781 g/mol. The molecule has 0 spiro atoms. The molecular formula is C49H48N8O5. The van der Waals surface area contributed by atoms with Crippen LogP contribution >= 0.6 is 0 Å². The van der Waals surface area contributed by atoms with Gasteiger partial charge in [-0.2, -0.15) is 0 Å². The van der Waals surface area contributed by atoms with Gasteiger partial charge < -0.3 is 11.5 Å². The van der Waals surface area contributed by atoms with E-state index >= 15 is 0 Å². The number of ketones is 1. The number of imidazole rings is 1. The highest BCUT2D eigenvalue weighted by atomic mass is 16.2. The summed E-state index contributed by atoms with van der Waals surface area (Å²) in [6.07, 6.45) is 10.2. The highest BCUT2D eigenvalue weighted by molar-refractivity contribution is 6.24. The maximum absolute atomic E-state index is 13.4. The van der Waals surface area contributed by atoms with E-state index in [1.807, 2.05) is 47.0 Å². The van der Waals surface area contributed by atoms with Gasteiger partial charge in [0, 0.05) is 42.2 Å². The van der Waals surface area contributed by atoms with Crippen molar-refractivity contribution in [2.45, 2.75) is 95.1 Å². The van der Waals surface area contributed by atoms with Crippen molar-refractivity contribution in [3.05, 3.63) is 125 Å². The second kappa shape index (κ2) is 16.9. The fourth-order valence-corrected chi connectivity index (χ4v) is 9.05. The van der Waals surface area contributed by atoms with E-state index in [0.717, 1.165) is 101 Å². The standard InChI is InChI=1S/C49H48N8O5/c50-43-37(17-7-28-52-43)44-54-39-23-22-38(53-45(39)56(44)34-20-18-33(19-21-34)49(51)26-8-27-49)32-13-4-9-30(29-32)10-5-15-35(58)14-3-1-2-11-31-12-6-16-36-42(31)48(62)57(47(36)61)40-24-25-41(59)55-46(40)60/h4,6-7,9,12-13,16-23,28-29,40H,1-3,5,8,10-11,14-15,24-27,51H2,(H2,50,52)(H,55,59,60). The molecule has 314 valence electrons. The van der Waals surface area contributed by atoms with Crippen molar-refractivity contribution < 1.29 is 24.0 Å². The van der Waals surface area contributed by atoms with E-state index < -0.39 is 29.7 Å². The van der Waals surface area contributed by atoms with Gasteiger partial charge in [-0.05, 0) is 123 Å². The fraction of sp³-hybridized carbons (Fsp3) is 0.306. The predicted octanol–water partition coefficient (Wildman–Crippen LogP) is 7.17. The van der Waals surface area contributed by atoms with Crippen LogP contribution in [0.15, 0.2) is 97.2 Å². The minimum atomic E-state index is -0.994. The molecule has 5 N–H and O–H groups in total. The number of carbonyl (C=O) groups excluding carboxylic acids is 5. The van der Waals surface area contributed by atoms with E-state index in [1.54, 1.807) is 18.3 Å². The number of hydrogen-bond acceptors (Lipinski definition) is 10. The molecule has 6 aromatic rings. The zero-order valence-electron chi connectivity index (χ0n) is 34.4. The van der Waals surface area contributed by atoms with E-state index in [4.69, 9.17) is 21.4 Å². The van der Waals surface area contributed by atoms with E-state index in [9.17, 15) is 24.0 Å². The lowest BCUT2D eigenvalue weighted by Gasteiger charge is -2.38. The number of anilines is 1. The largest absolute Gasteiger partial charge is 0.383 e. The molecule has 1 atom stereocenters. The average molecular weight is 829 g/mol. The third-order valence-electron chi connectivity index (χ3n) is 12.6. The molecule has 13 heteroatoms. The Morgan fingerprint density at radius 2 is 1.60 bits per heavy atom. The minimum Gasteiger partial charge on any atom is -0.383 e. The van der Waals surface area contributed by atoms with Crippen LogP contribution in [-0.2, 0) is 32.8 Å². The van der Waals surface area contributed by atoms with Gasteiger partial charge in [0.1, 0.15) is 23.2 Å². The zero-order valence-corrected chi connectivity index (χ0v) is 34.4. The van der Waals surface area contributed by atoms with Crippen molar-refractivity contribution in [1.82, 2.24) is 29.7 Å². The van der Waals surface area contributed by atoms with Crippen molar-refractivity contribution in [3.8, 4) is 28.3 Å². The first-order chi connectivity index (χ1) is 30.1. The van der Waals surface area contributed by atoms with Crippen LogP contribution in [0.2, 0.25) is 0 Å². The van der Waals surface area contributed by atoms with Crippen molar-refractivity contribution in [2.24, 2.45) is 5.73 Å². The Hall–Kier alpha value is -6.86. The number of piperidine rings is 1. The number of carbonyl (C=O) groups is 5. The summed E-state index contributed by atoms with van der Waals surface area (Å²) < 4.78 is 2.03. The molecule has 13 nitrogen and oxygen atoms in total. The lowest BCUT2D eigenvalue weighted by atomic mass is 9.73. The van der Waals surface area contributed by atoms with Gasteiger partial charge in [-0.3, -0.25) is 38.8 Å². The van der Waals surface area contributed by atoms with Gasteiger partial charge >= 0.3 is 0 Å². The molecule has 0 bridgehead atoms. The minimum absolute atomic E-state index is 0.0750. The molecule has 3 aromatic heterocycles. The fourth-order valence-electron chi connectivity index (χ4n) is 9.05. The zero-order chi connectivity index (χ0) is 43.0. The Balaban J connectivity index is 0.809. The number of aryl methyl sites for hydroxylation is 2. The van der Waals surface area contributed by atoms with E-state index in [1.165, 1.54) is 0 Å². The van der Waals surface area contributed by atoms with Crippen molar-refractivity contribution >= 4 is 46.4 Å². The molecule has 4 amide bonds. The summed E-state index contributed by atoms with van der Waals surface area (Å²) in [5.74, 6) is -0.772. The molecule has 62 heavy (non-hydrogen) atoms. The van der Waals surface area contributed by atoms with Crippen molar-refractivity contribution in [1.29, 1.82) is 0 Å². The number of amides is 4.